The van der Waals surface area contributed by atoms with E-state index in [0.717, 1.165) is 10.0 Å². The first kappa shape index (κ1) is 12.5. The fraction of sp³-hybridized carbons (Fsp3) is 0. The smallest absolute Gasteiger partial charge is 0.267 e. The molecule has 1 N–H and O–H groups in total. The summed E-state index contributed by atoms with van der Waals surface area (Å²) in [5, 5.41) is 3.91. The Morgan fingerprint density at radius 3 is 2.44 bits per heavy atom. The summed E-state index contributed by atoms with van der Waals surface area (Å²) in [5.41, 5.74) is 3.98. The van der Waals surface area contributed by atoms with E-state index in [0.29, 0.717) is 5.56 Å². The summed E-state index contributed by atoms with van der Waals surface area (Å²) in [6.45, 7) is 0. The van der Waals surface area contributed by atoms with Gasteiger partial charge in [0.15, 0.2) is 0 Å². The molecule has 0 bridgehead atoms. The fourth-order valence-electron chi connectivity index (χ4n) is 1.41. The Balaban J connectivity index is 2.01. The number of hydrogen-bond donors (Lipinski definition) is 1. The predicted octanol–water partition coefficient (Wildman–Crippen LogP) is 3.21. The largest absolute Gasteiger partial charge is 0.272 e. The maximum Gasteiger partial charge on any atom is 0.272 e. The zero-order chi connectivity index (χ0) is 12.8. The van der Waals surface area contributed by atoms with Crippen LogP contribution in [0.5, 0.6) is 0 Å². The minimum atomic E-state index is -0.241. The molecule has 0 heterocycles. The lowest BCUT2D eigenvalue weighted by molar-refractivity contribution is 0.0954. The second kappa shape index (κ2) is 6.12. The number of benzene rings is 2. The maximum absolute atomic E-state index is 11.8. The maximum atomic E-state index is 11.8. The van der Waals surface area contributed by atoms with Crippen LogP contribution >= 0.6 is 15.9 Å². The van der Waals surface area contributed by atoms with Crippen LogP contribution in [0.1, 0.15) is 15.9 Å². The summed E-state index contributed by atoms with van der Waals surface area (Å²) < 4.78 is 0.748. The lowest BCUT2D eigenvalue weighted by Gasteiger charge is -2.01. The van der Waals surface area contributed by atoms with Crippen LogP contribution in [0.25, 0.3) is 0 Å². The van der Waals surface area contributed by atoms with Crippen LogP contribution < -0.4 is 5.43 Å². The van der Waals surface area contributed by atoms with Gasteiger partial charge in [-0.15, -0.1) is 0 Å². The van der Waals surface area contributed by atoms with Gasteiger partial charge in [0.1, 0.15) is 0 Å². The summed E-state index contributed by atoms with van der Waals surface area (Å²) in [5.74, 6) is -0.241. The monoisotopic (exact) mass is 302 g/mol. The number of nitrogens with zero attached hydrogens (tertiary/aromatic N) is 1. The number of hydrogen-bond acceptors (Lipinski definition) is 2. The molecule has 0 saturated carbocycles. The van der Waals surface area contributed by atoms with E-state index >= 15 is 0 Å². The lowest BCUT2D eigenvalue weighted by Crippen LogP contribution is -2.17. The molecule has 3 nitrogen and oxygen atoms in total. The Morgan fingerprint density at radius 2 is 1.72 bits per heavy atom. The Kier molecular flexibility index (Phi) is 4.25. The van der Waals surface area contributed by atoms with Gasteiger partial charge in [-0.05, 0) is 33.6 Å². The Bertz CT molecular complexity index is 567. The number of nitrogens with one attached hydrogen (secondary N) is 1. The van der Waals surface area contributed by atoms with Gasteiger partial charge in [0.05, 0.1) is 11.8 Å². The Hall–Kier alpha value is -1.94. The molecule has 0 aliphatic carbocycles. The molecule has 0 spiro atoms. The molecule has 0 aliphatic rings. The zero-order valence-corrected chi connectivity index (χ0v) is 11.1. The first-order valence-corrected chi connectivity index (χ1v) is 6.19. The van der Waals surface area contributed by atoms with Crippen LogP contribution in [-0.4, -0.2) is 12.1 Å². The molecule has 0 fully saturated rings. The molecule has 0 unspecified atom stereocenters. The van der Waals surface area contributed by atoms with Crippen molar-refractivity contribution in [2.45, 2.75) is 0 Å². The van der Waals surface area contributed by atoms with E-state index in [-0.39, 0.29) is 5.91 Å². The van der Waals surface area contributed by atoms with Crippen molar-refractivity contribution in [1.29, 1.82) is 0 Å². The molecule has 4 heteroatoms. The molecule has 1 amide bonds. The minimum absolute atomic E-state index is 0.241. The summed E-state index contributed by atoms with van der Waals surface area (Å²) >= 11 is 3.32. The Labute approximate surface area is 114 Å². The average Bonchev–Trinajstić information content (AvgIpc) is 2.40. The van der Waals surface area contributed by atoms with Crippen molar-refractivity contribution in [3.05, 3.63) is 70.2 Å². The van der Waals surface area contributed by atoms with Crippen molar-refractivity contribution < 1.29 is 4.79 Å². The van der Waals surface area contributed by atoms with Gasteiger partial charge in [-0.25, -0.2) is 5.43 Å². The van der Waals surface area contributed by atoms with Gasteiger partial charge in [0.25, 0.3) is 5.91 Å². The third-order valence-corrected chi connectivity index (χ3v) is 2.99. The summed E-state index contributed by atoms with van der Waals surface area (Å²) in [6.07, 6.45) is 1.61. The number of carbonyl (C=O) groups is 1. The number of hydrazone groups is 1. The van der Waals surface area contributed by atoms with Gasteiger partial charge in [-0.2, -0.15) is 5.10 Å². The second-order valence-corrected chi connectivity index (χ2v) is 4.44. The van der Waals surface area contributed by atoms with E-state index < -0.39 is 0 Å². The van der Waals surface area contributed by atoms with E-state index in [4.69, 9.17) is 0 Å². The molecule has 0 aromatic heterocycles. The fourth-order valence-corrected chi connectivity index (χ4v) is 1.87. The quantitative estimate of drug-likeness (QED) is 0.686. The molecule has 0 radical (unpaired) electrons. The van der Waals surface area contributed by atoms with Crippen molar-refractivity contribution in [3.63, 3.8) is 0 Å². The number of halogens is 1. The van der Waals surface area contributed by atoms with E-state index in [1.54, 1.807) is 18.3 Å². The highest BCUT2D eigenvalue weighted by Crippen LogP contribution is 2.15. The molecule has 2 aromatic rings. The second-order valence-electron chi connectivity index (χ2n) is 3.59. The van der Waals surface area contributed by atoms with Gasteiger partial charge in [-0.1, -0.05) is 42.5 Å². The third-order valence-electron chi connectivity index (χ3n) is 2.30. The van der Waals surface area contributed by atoms with Crippen LogP contribution in [0.15, 0.2) is 64.2 Å². The molecule has 0 atom stereocenters. The molecule has 18 heavy (non-hydrogen) atoms. The first-order valence-electron chi connectivity index (χ1n) is 5.40. The van der Waals surface area contributed by atoms with Gasteiger partial charge in [0.2, 0.25) is 0 Å². The highest BCUT2D eigenvalue weighted by Gasteiger charge is 2.07. The highest BCUT2D eigenvalue weighted by atomic mass is 79.9. The number of carbonyl (C=O) groups excluding carboxylic acids is 1. The lowest BCUT2D eigenvalue weighted by atomic mass is 10.2. The molecular formula is C14H11BrN2O. The van der Waals surface area contributed by atoms with Gasteiger partial charge < -0.3 is 0 Å². The normalized spacial score (nSPS) is 10.5. The summed E-state index contributed by atoms with van der Waals surface area (Å²) in [6, 6.07) is 16.8. The van der Waals surface area contributed by atoms with Crippen molar-refractivity contribution in [3.8, 4) is 0 Å². The van der Waals surface area contributed by atoms with Gasteiger partial charge >= 0.3 is 0 Å². The topological polar surface area (TPSA) is 41.5 Å². The first-order chi connectivity index (χ1) is 8.77. The van der Waals surface area contributed by atoms with Crippen molar-refractivity contribution in [2.24, 2.45) is 5.10 Å². The van der Waals surface area contributed by atoms with Gasteiger partial charge in [-0.3, -0.25) is 4.79 Å². The van der Waals surface area contributed by atoms with Crippen LogP contribution in [0, 0.1) is 0 Å². The highest BCUT2D eigenvalue weighted by molar-refractivity contribution is 9.10. The van der Waals surface area contributed by atoms with Crippen LogP contribution in [0.2, 0.25) is 0 Å². The van der Waals surface area contributed by atoms with E-state index in [1.807, 2.05) is 42.5 Å². The third kappa shape index (κ3) is 3.28. The predicted molar refractivity (Wildman–Crippen MR) is 75.6 cm³/mol. The van der Waals surface area contributed by atoms with E-state index in [1.165, 1.54) is 0 Å². The number of rotatable bonds is 3. The van der Waals surface area contributed by atoms with Crippen molar-refractivity contribution >= 4 is 28.1 Å². The summed E-state index contributed by atoms with van der Waals surface area (Å²) in [7, 11) is 0. The minimum Gasteiger partial charge on any atom is -0.267 e. The van der Waals surface area contributed by atoms with Crippen molar-refractivity contribution in [1.82, 2.24) is 5.43 Å². The molecule has 2 rings (SSSR count). The molecule has 0 saturated heterocycles. The van der Waals surface area contributed by atoms with Crippen LogP contribution in [0.3, 0.4) is 0 Å². The molecular weight excluding hydrogens is 292 g/mol. The SMILES string of the molecule is O=C(N/N=C/c1ccccc1)c1ccccc1Br. The standard InChI is InChI=1S/C14H11BrN2O/c15-13-9-5-4-8-12(13)14(18)17-16-10-11-6-2-1-3-7-11/h1-10H,(H,17,18)/b16-10+. The summed E-state index contributed by atoms with van der Waals surface area (Å²) in [4.78, 5) is 11.8. The van der Waals surface area contributed by atoms with E-state index in [2.05, 4.69) is 26.5 Å². The number of amides is 1. The molecule has 0 aliphatic heterocycles. The molecule has 2 aromatic carbocycles. The van der Waals surface area contributed by atoms with Gasteiger partial charge in [0, 0.05) is 4.47 Å². The van der Waals surface area contributed by atoms with E-state index in [9.17, 15) is 4.79 Å². The average molecular weight is 303 g/mol. The van der Waals surface area contributed by atoms with Crippen LogP contribution in [0.4, 0.5) is 0 Å². The van der Waals surface area contributed by atoms with Crippen LogP contribution in [-0.2, 0) is 0 Å². The molecule has 90 valence electrons. The van der Waals surface area contributed by atoms with Crippen molar-refractivity contribution in [2.75, 3.05) is 0 Å². The Morgan fingerprint density at radius 1 is 1.06 bits per heavy atom. The zero-order valence-electron chi connectivity index (χ0n) is 9.51.